The van der Waals surface area contributed by atoms with Gasteiger partial charge in [-0.1, -0.05) is 147 Å². The van der Waals surface area contributed by atoms with E-state index in [1.807, 2.05) is 6.08 Å². The average Bonchev–Trinajstić information content (AvgIpc) is 2.75. The maximum Gasteiger partial charge on any atom is 0.0205 e. The first-order valence-corrected chi connectivity index (χ1v) is 13.1. The first-order chi connectivity index (χ1) is 14.7. The van der Waals surface area contributed by atoms with Gasteiger partial charge in [0.1, 0.15) is 0 Å². The van der Waals surface area contributed by atoms with Crippen LogP contribution in [0.3, 0.4) is 0 Å². The summed E-state index contributed by atoms with van der Waals surface area (Å²) in [4.78, 5) is 0. The van der Waals surface area contributed by atoms with E-state index in [2.05, 4.69) is 50.0 Å². The van der Waals surface area contributed by atoms with Gasteiger partial charge in [-0.15, -0.1) is 12.4 Å². The molecule has 180 valence electrons. The number of hydrogen-bond donors (Lipinski definition) is 1. The Balaban J connectivity index is 0.00000900. The van der Waals surface area contributed by atoms with Crippen molar-refractivity contribution in [3.63, 3.8) is 0 Å². The fourth-order valence-electron chi connectivity index (χ4n) is 4.10. The van der Waals surface area contributed by atoms with Crippen LogP contribution in [-0.2, 0) is 6.54 Å². The molecule has 0 spiro atoms. The van der Waals surface area contributed by atoms with Crippen LogP contribution >= 0.6 is 12.4 Å². The van der Waals surface area contributed by atoms with Crippen molar-refractivity contribution in [1.29, 1.82) is 0 Å². The fraction of sp³-hybridized carbons (Fsp3) is 0.724. The van der Waals surface area contributed by atoms with Crippen molar-refractivity contribution >= 4 is 18.5 Å². The fourth-order valence-corrected chi connectivity index (χ4v) is 4.10. The lowest BCUT2D eigenvalue weighted by Crippen LogP contribution is -2.14. The van der Waals surface area contributed by atoms with Gasteiger partial charge in [-0.3, -0.25) is 0 Å². The summed E-state index contributed by atoms with van der Waals surface area (Å²) in [6, 6.07) is 8.66. The minimum Gasteiger partial charge on any atom is -0.313 e. The first kappa shape index (κ1) is 30.2. The monoisotopic (exact) mass is 449 g/mol. The standard InChI is InChI=1S/C29H51N.ClH/c1-4-28-21-23-29(24-22-28)26-30-25-19-17-15-13-11-9-7-5-6-8-10-12-14-16-18-20-27(2)3;/h4,21-24,27,30H,1,5-20,25-26H2,2-3H3;1H. The largest absolute Gasteiger partial charge is 0.313 e. The van der Waals surface area contributed by atoms with E-state index < -0.39 is 0 Å². The van der Waals surface area contributed by atoms with Crippen LogP contribution in [0.15, 0.2) is 30.8 Å². The molecule has 0 radical (unpaired) electrons. The second-order valence-corrected chi connectivity index (χ2v) is 9.61. The van der Waals surface area contributed by atoms with Crippen LogP contribution in [0.1, 0.15) is 128 Å². The molecule has 0 aliphatic carbocycles. The van der Waals surface area contributed by atoms with Crippen molar-refractivity contribution in [3.05, 3.63) is 42.0 Å². The Hall–Kier alpha value is -0.790. The molecule has 2 heteroatoms. The van der Waals surface area contributed by atoms with Crippen LogP contribution in [0.5, 0.6) is 0 Å². The lowest BCUT2D eigenvalue weighted by molar-refractivity contribution is 0.501. The molecule has 0 aliphatic rings. The second kappa shape index (κ2) is 22.4. The summed E-state index contributed by atoms with van der Waals surface area (Å²) in [6.07, 6.45) is 24.9. The highest BCUT2D eigenvalue weighted by Gasteiger charge is 1.97. The third-order valence-corrected chi connectivity index (χ3v) is 6.18. The Morgan fingerprint density at radius 2 is 1.10 bits per heavy atom. The molecule has 0 aromatic heterocycles. The molecule has 0 atom stereocenters. The van der Waals surface area contributed by atoms with Gasteiger partial charge in [0.2, 0.25) is 0 Å². The van der Waals surface area contributed by atoms with Crippen LogP contribution in [0, 0.1) is 5.92 Å². The number of halogens is 1. The molecule has 0 fully saturated rings. The lowest BCUT2D eigenvalue weighted by Gasteiger charge is -2.06. The Bertz CT molecular complexity index is 494. The summed E-state index contributed by atoms with van der Waals surface area (Å²) in [7, 11) is 0. The summed E-state index contributed by atoms with van der Waals surface area (Å²) in [5, 5.41) is 3.57. The smallest absolute Gasteiger partial charge is 0.0205 e. The maximum absolute atomic E-state index is 3.80. The zero-order valence-electron chi connectivity index (χ0n) is 20.8. The summed E-state index contributed by atoms with van der Waals surface area (Å²) >= 11 is 0. The van der Waals surface area contributed by atoms with E-state index in [1.54, 1.807) is 0 Å². The molecule has 1 nitrogen and oxygen atoms in total. The maximum atomic E-state index is 3.80. The van der Waals surface area contributed by atoms with Crippen molar-refractivity contribution in [3.8, 4) is 0 Å². The van der Waals surface area contributed by atoms with Gasteiger partial charge in [-0.2, -0.15) is 0 Å². The molecule has 31 heavy (non-hydrogen) atoms. The summed E-state index contributed by atoms with van der Waals surface area (Å²) in [5.74, 6) is 0.888. The van der Waals surface area contributed by atoms with Crippen molar-refractivity contribution in [1.82, 2.24) is 5.32 Å². The lowest BCUT2D eigenvalue weighted by atomic mass is 10.0. The van der Waals surface area contributed by atoms with Gasteiger partial charge >= 0.3 is 0 Å². The Morgan fingerprint density at radius 1 is 0.677 bits per heavy atom. The van der Waals surface area contributed by atoms with E-state index >= 15 is 0 Å². The Morgan fingerprint density at radius 3 is 1.52 bits per heavy atom. The molecule has 1 aromatic carbocycles. The Kier molecular flexibility index (Phi) is 21.8. The normalized spacial score (nSPS) is 10.9. The summed E-state index contributed by atoms with van der Waals surface area (Å²) < 4.78 is 0. The molecule has 1 rings (SSSR count). The van der Waals surface area contributed by atoms with Crippen molar-refractivity contribution in [2.75, 3.05) is 6.54 Å². The van der Waals surface area contributed by atoms with Crippen LogP contribution in [0.4, 0.5) is 0 Å². The highest BCUT2D eigenvalue weighted by atomic mass is 35.5. The second-order valence-electron chi connectivity index (χ2n) is 9.61. The molecule has 0 unspecified atom stereocenters. The van der Waals surface area contributed by atoms with Crippen molar-refractivity contribution in [2.45, 2.75) is 123 Å². The molecular formula is C29H52ClN. The quantitative estimate of drug-likeness (QED) is 0.184. The molecular weight excluding hydrogens is 398 g/mol. The SMILES string of the molecule is C=Cc1ccc(CNCCCCCCCCCCCCCCCCCC(C)C)cc1.Cl. The number of rotatable bonds is 21. The van der Waals surface area contributed by atoms with Crippen LogP contribution in [0.2, 0.25) is 0 Å². The predicted molar refractivity (Wildman–Crippen MR) is 144 cm³/mol. The minimum absolute atomic E-state index is 0. The molecule has 0 bridgehead atoms. The van der Waals surface area contributed by atoms with E-state index in [1.165, 1.54) is 114 Å². The molecule has 0 saturated heterocycles. The third-order valence-electron chi connectivity index (χ3n) is 6.18. The van der Waals surface area contributed by atoms with Gasteiger partial charge in [0.15, 0.2) is 0 Å². The van der Waals surface area contributed by atoms with Gasteiger partial charge in [-0.25, -0.2) is 0 Å². The van der Waals surface area contributed by atoms with Gasteiger partial charge in [0.05, 0.1) is 0 Å². The van der Waals surface area contributed by atoms with Gasteiger partial charge < -0.3 is 5.32 Å². The molecule has 1 N–H and O–H groups in total. The zero-order valence-corrected chi connectivity index (χ0v) is 21.6. The van der Waals surface area contributed by atoms with Crippen LogP contribution in [0.25, 0.3) is 6.08 Å². The summed E-state index contributed by atoms with van der Waals surface area (Å²) in [6.45, 7) is 10.6. The number of unbranched alkanes of at least 4 members (excludes halogenated alkanes) is 14. The van der Waals surface area contributed by atoms with Gasteiger partial charge in [-0.05, 0) is 30.0 Å². The zero-order chi connectivity index (χ0) is 21.7. The van der Waals surface area contributed by atoms with E-state index in [0.717, 1.165) is 19.0 Å². The van der Waals surface area contributed by atoms with Gasteiger partial charge in [0.25, 0.3) is 0 Å². The van der Waals surface area contributed by atoms with E-state index in [0.29, 0.717) is 0 Å². The molecule has 0 amide bonds. The van der Waals surface area contributed by atoms with E-state index in [4.69, 9.17) is 0 Å². The third kappa shape index (κ3) is 19.6. The molecule has 0 saturated carbocycles. The van der Waals surface area contributed by atoms with Crippen LogP contribution < -0.4 is 5.32 Å². The average molecular weight is 450 g/mol. The van der Waals surface area contributed by atoms with Crippen LogP contribution in [-0.4, -0.2) is 6.54 Å². The molecule has 0 heterocycles. The predicted octanol–water partition coefficient (Wildman–Crippen LogP) is 9.74. The highest BCUT2D eigenvalue weighted by Crippen LogP contribution is 2.14. The van der Waals surface area contributed by atoms with Crippen molar-refractivity contribution < 1.29 is 0 Å². The number of nitrogens with one attached hydrogen (secondary N) is 1. The molecule has 1 aromatic rings. The topological polar surface area (TPSA) is 12.0 Å². The van der Waals surface area contributed by atoms with Crippen molar-refractivity contribution in [2.24, 2.45) is 5.92 Å². The minimum atomic E-state index is 0. The summed E-state index contributed by atoms with van der Waals surface area (Å²) in [5.41, 5.74) is 2.56. The first-order valence-electron chi connectivity index (χ1n) is 13.1. The number of benzene rings is 1. The van der Waals surface area contributed by atoms with E-state index in [9.17, 15) is 0 Å². The van der Waals surface area contributed by atoms with E-state index in [-0.39, 0.29) is 12.4 Å². The highest BCUT2D eigenvalue weighted by molar-refractivity contribution is 5.85. The Labute approximate surface area is 201 Å². The number of hydrogen-bond acceptors (Lipinski definition) is 1. The van der Waals surface area contributed by atoms with Gasteiger partial charge in [0, 0.05) is 6.54 Å². The molecule has 0 aliphatic heterocycles.